The van der Waals surface area contributed by atoms with Crippen LogP contribution in [0.3, 0.4) is 0 Å². The van der Waals surface area contributed by atoms with Gasteiger partial charge in [-0.15, -0.1) is 24.0 Å². The van der Waals surface area contributed by atoms with E-state index in [-0.39, 0.29) is 24.0 Å². The summed E-state index contributed by atoms with van der Waals surface area (Å²) in [5, 5.41) is 10.6. The van der Waals surface area contributed by atoms with E-state index in [4.69, 9.17) is 14.0 Å². The van der Waals surface area contributed by atoms with Crippen LogP contribution in [0.1, 0.15) is 43.2 Å². The molecule has 2 N–H and O–H groups in total. The fourth-order valence-corrected chi connectivity index (χ4v) is 2.99. The SMILES string of the molecule is CCNC(=NCCCc1c(C)noc1C)NCCCOCC1CCOC1.I. The molecule has 1 aromatic heterocycles. The van der Waals surface area contributed by atoms with E-state index in [9.17, 15) is 0 Å². The van der Waals surface area contributed by atoms with E-state index in [2.05, 4.69) is 27.7 Å². The molecule has 0 radical (unpaired) electrons. The van der Waals surface area contributed by atoms with E-state index >= 15 is 0 Å². The normalized spacial score (nSPS) is 17.0. The molecule has 0 bridgehead atoms. The Kier molecular flexibility index (Phi) is 12.7. The molecule has 0 amide bonds. The molecule has 0 saturated carbocycles. The summed E-state index contributed by atoms with van der Waals surface area (Å²) in [5.74, 6) is 2.37. The first kappa shape index (κ1) is 24.2. The minimum atomic E-state index is 0. The summed E-state index contributed by atoms with van der Waals surface area (Å²) in [6.07, 6.45) is 4.02. The van der Waals surface area contributed by atoms with Gasteiger partial charge in [-0.2, -0.15) is 0 Å². The van der Waals surface area contributed by atoms with Gasteiger partial charge < -0.3 is 24.6 Å². The maximum absolute atomic E-state index is 5.73. The van der Waals surface area contributed by atoms with Gasteiger partial charge >= 0.3 is 0 Å². The number of nitrogens with one attached hydrogen (secondary N) is 2. The standard InChI is InChI=1S/C19H34N4O3.HI/c1-4-20-19(21-9-5-7-18-15(2)23-26-16(18)3)22-10-6-11-24-13-17-8-12-25-14-17;/h17H,4-14H2,1-3H3,(H2,20,21,22);1H. The predicted molar refractivity (Wildman–Crippen MR) is 118 cm³/mol. The van der Waals surface area contributed by atoms with Crippen molar-refractivity contribution >= 4 is 29.9 Å². The van der Waals surface area contributed by atoms with Gasteiger partial charge in [-0.1, -0.05) is 5.16 Å². The molecular weight excluding hydrogens is 459 g/mol. The number of hydrogen-bond donors (Lipinski definition) is 2. The molecule has 8 heteroatoms. The minimum Gasteiger partial charge on any atom is -0.381 e. The van der Waals surface area contributed by atoms with E-state index in [1.165, 1.54) is 5.56 Å². The highest BCUT2D eigenvalue weighted by molar-refractivity contribution is 14.0. The van der Waals surface area contributed by atoms with E-state index < -0.39 is 0 Å². The second-order valence-corrected chi connectivity index (χ2v) is 6.75. The molecule has 1 aromatic rings. The summed E-state index contributed by atoms with van der Waals surface area (Å²) in [4.78, 5) is 4.64. The third kappa shape index (κ3) is 9.25. The zero-order valence-electron chi connectivity index (χ0n) is 16.9. The van der Waals surface area contributed by atoms with Crippen molar-refractivity contribution in [1.82, 2.24) is 15.8 Å². The number of guanidine groups is 1. The quantitative estimate of drug-likeness (QED) is 0.213. The fraction of sp³-hybridized carbons (Fsp3) is 0.789. The maximum atomic E-state index is 5.73. The zero-order valence-corrected chi connectivity index (χ0v) is 19.2. The number of ether oxygens (including phenoxy) is 2. The predicted octanol–water partition coefficient (Wildman–Crippen LogP) is 2.84. The van der Waals surface area contributed by atoms with Gasteiger partial charge in [0.25, 0.3) is 0 Å². The number of aryl methyl sites for hydroxylation is 2. The molecule has 1 aliphatic heterocycles. The van der Waals surface area contributed by atoms with Crippen LogP contribution in [-0.2, 0) is 15.9 Å². The Bertz CT molecular complexity index is 526. The van der Waals surface area contributed by atoms with Crippen LogP contribution in [0.5, 0.6) is 0 Å². The third-order valence-corrected chi connectivity index (χ3v) is 4.52. The molecule has 1 unspecified atom stereocenters. The Morgan fingerprint density at radius 1 is 1.30 bits per heavy atom. The van der Waals surface area contributed by atoms with Crippen molar-refractivity contribution in [1.29, 1.82) is 0 Å². The molecule has 1 aliphatic rings. The van der Waals surface area contributed by atoms with E-state index in [1.807, 2.05) is 13.8 Å². The molecule has 2 rings (SSSR count). The minimum absolute atomic E-state index is 0. The van der Waals surface area contributed by atoms with E-state index in [1.54, 1.807) is 0 Å². The van der Waals surface area contributed by atoms with Crippen molar-refractivity contribution in [2.24, 2.45) is 10.9 Å². The number of aliphatic imine (C=N–C) groups is 1. The van der Waals surface area contributed by atoms with Crippen LogP contribution in [0.15, 0.2) is 9.52 Å². The monoisotopic (exact) mass is 494 g/mol. The molecule has 0 aromatic carbocycles. The zero-order chi connectivity index (χ0) is 18.6. The van der Waals surface area contributed by atoms with Gasteiger partial charge in [-0.05, 0) is 46.5 Å². The Balaban J connectivity index is 0.00000364. The Morgan fingerprint density at radius 2 is 2.15 bits per heavy atom. The van der Waals surface area contributed by atoms with Gasteiger partial charge in [0.05, 0.1) is 18.9 Å². The van der Waals surface area contributed by atoms with Crippen LogP contribution in [0.4, 0.5) is 0 Å². The largest absolute Gasteiger partial charge is 0.381 e. The Morgan fingerprint density at radius 3 is 2.81 bits per heavy atom. The second kappa shape index (κ2) is 14.2. The highest BCUT2D eigenvalue weighted by Crippen LogP contribution is 2.14. The molecular formula is C19H35IN4O3. The molecule has 1 atom stereocenters. The average molecular weight is 494 g/mol. The average Bonchev–Trinajstić information content (AvgIpc) is 3.25. The molecule has 0 spiro atoms. The van der Waals surface area contributed by atoms with E-state index in [0.717, 1.165) is 89.2 Å². The van der Waals surface area contributed by atoms with Crippen LogP contribution >= 0.6 is 24.0 Å². The van der Waals surface area contributed by atoms with Crippen molar-refractivity contribution in [3.8, 4) is 0 Å². The highest BCUT2D eigenvalue weighted by Gasteiger charge is 2.15. The molecule has 1 saturated heterocycles. The summed E-state index contributed by atoms with van der Waals surface area (Å²) >= 11 is 0. The molecule has 1 fully saturated rings. The van der Waals surface area contributed by atoms with Gasteiger partial charge in [-0.3, -0.25) is 4.99 Å². The van der Waals surface area contributed by atoms with Crippen LogP contribution < -0.4 is 10.6 Å². The Labute approximate surface area is 180 Å². The van der Waals surface area contributed by atoms with Gasteiger partial charge in [0, 0.05) is 44.3 Å². The summed E-state index contributed by atoms with van der Waals surface area (Å²) in [7, 11) is 0. The smallest absolute Gasteiger partial charge is 0.191 e. The number of hydrogen-bond acceptors (Lipinski definition) is 5. The molecule has 7 nitrogen and oxygen atoms in total. The lowest BCUT2D eigenvalue weighted by Crippen LogP contribution is -2.38. The lowest BCUT2D eigenvalue weighted by atomic mass is 10.1. The van der Waals surface area contributed by atoms with Crippen LogP contribution in [0.25, 0.3) is 0 Å². The maximum Gasteiger partial charge on any atom is 0.191 e. The number of rotatable bonds is 11. The first-order valence-electron chi connectivity index (χ1n) is 9.80. The van der Waals surface area contributed by atoms with Gasteiger partial charge in [0.1, 0.15) is 5.76 Å². The van der Waals surface area contributed by atoms with Crippen molar-refractivity contribution in [3.63, 3.8) is 0 Å². The van der Waals surface area contributed by atoms with Crippen molar-refractivity contribution in [2.45, 2.75) is 46.5 Å². The van der Waals surface area contributed by atoms with Crippen molar-refractivity contribution in [2.75, 3.05) is 46.1 Å². The highest BCUT2D eigenvalue weighted by atomic mass is 127. The molecule has 156 valence electrons. The summed E-state index contributed by atoms with van der Waals surface area (Å²) in [6.45, 7) is 11.8. The Hall–Kier alpha value is -0.870. The first-order chi connectivity index (χ1) is 12.7. The molecule has 0 aliphatic carbocycles. The van der Waals surface area contributed by atoms with Crippen molar-refractivity contribution < 1.29 is 14.0 Å². The van der Waals surface area contributed by atoms with Crippen LogP contribution in [0, 0.1) is 19.8 Å². The summed E-state index contributed by atoms with van der Waals surface area (Å²) in [6, 6.07) is 0. The fourth-order valence-electron chi connectivity index (χ4n) is 2.99. The molecule has 27 heavy (non-hydrogen) atoms. The van der Waals surface area contributed by atoms with Gasteiger partial charge in [0.15, 0.2) is 5.96 Å². The lowest BCUT2D eigenvalue weighted by molar-refractivity contribution is 0.0888. The van der Waals surface area contributed by atoms with Crippen LogP contribution in [-0.4, -0.2) is 57.2 Å². The first-order valence-corrected chi connectivity index (χ1v) is 9.80. The third-order valence-electron chi connectivity index (χ3n) is 4.52. The second-order valence-electron chi connectivity index (χ2n) is 6.75. The number of nitrogens with zero attached hydrogens (tertiary/aromatic N) is 2. The topological polar surface area (TPSA) is 80.9 Å². The summed E-state index contributed by atoms with van der Waals surface area (Å²) < 4.78 is 16.3. The van der Waals surface area contributed by atoms with Crippen molar-refractivity contribution in [3.05, 3.63) is 17.0 Å². The summed E-state index contributed by atoms with van der Waals surface area (Å²) in [5.41, 5.74) is 2.20. The van der Waals surface area contributed by atoms with Gasteiger partial charge in [0.2, 0.25) is 0 Å². The molecule has 2 heterocycles. The van der Waals surface area contributed by atoms with Gasteiger partial charge in [-0.25, -0.2) is 0 Å². The lowest BCUT2D eigenvalue weighted by Gasteiger charge is -2.12. The number of aromatic nitrogens is 1. The van der Waals surface area contributed by atoms with E-state index in [0.29, 0.717) is 5.92 Å². The number of halogens is 1. The van der Waals surface area contributed by atoms with Crippen LogP contribution in [0.2, 0.25) is 0 Å².